The van der Waals surface area contributed by atoms with E-state index < -0.39 is 0 Å². The van der Waals surface area contributed by atoms with E-state index in [9.17, 15) is 0 Å². The average Bonchev–Trinajstić information content (AvgIpc) is 2.85. The number of aromatic nitrogens is 1. The largest absolute Gasteiger partial charge is 0.459 e. The standard InChI is InChI=1S/C17H17BrN2O/c1-10-4-6-15(11(2)19-10)20-12(3)17-9-13-8-14(18)5-7-16(13)21-17/h4-9,12,20H,1-3H3. The van der Waals surface area contributed by atoms with E-state index in [0.717, 1.165) is 38.3 Å². The van der Waals surface area contributed by atoms with Gasteiger partial charge < -0.3 is 9.73 Å². The molecule has 3 nitrogen and oxygen atoms in total. The second kappa shape index (κ2) is 5.53. The van der Waals surface area contributed by atoms with Gasteiger partial charge in [-0.05, 0) is 57.2 Å². The van der Waals surface area contributed by atoms with Crippen LogP contribution in [-0.2, 0) is 0 Å². The lowest BCUT2D eigenvalue weighted by molar-refractivity contribution is 0.526. The lowest BCUT2D eigenvalue weighted by atomic mass is 10.2. The smallest absolute Gasteiger partial charge is 0.134 e. The summed E-state index contributed by atoms with van der Waals surface area (Å²) in [7, 11) is 0. The number of nitrogens with zero attached hydrogens (tertiary/aromatic N) is 1. The number of fused-ring (bicyclic) bond motifs is 1. The van der Waals surface area contributed by atoms with Crippen molar-refractivity contribution in [2.75, 3.05) is 5.32 Å². The van der Waals surface area contributed by atoms with E-state index in [1.54, 1.807) is 0 Å². The first-order valence-corrected chi connectivity index (χ1v) is 7.72. The second-order valence-electron chi connectivity index (χ2n) is 5.28. The normalized spacial score (nSPS) is 12.6. The zero-order valence-corrected chi connectivity index (χ0v) is 13.9. The summed E-state index contributed by atoms with van der Waals surface area (Å²) in [5.74, 6) is 0.920. The molecule has 0 saturated carbocycles. The molecule has 0 radical (unpaired) electrons. The van der Waals surface area contributed by atoms with Crippen molar-refractivity contribution in [1.82, 2.24) is 4.98 Å². The third kappa shape index (κ3) is 2.95. The number of furan rings is 1. The molecule has 0 spiro atoms. The van der Waals surface area contributed by atoms with Crippen LogP contribution in [0, 0.1) is 13.8 Å². The summed E-state index contributed by atoms with van der Waals surface area (Å²) >= 11 is 3.48. The Kier molecular flexibility index (Phi) is 3.72. The van der Waals surface area contributed by atoms with Crippen molar-refractivity contribution in [2.24, 2.45) is 0 Å². The Balaban J connectivity index is 1.87. The molecule has 0 amide bonds. The van der Waals surface area contributed by atoms with E-state index in [1.165, 1.54) is 0 Å². The molecule has 2 heterocycles. The summed E-state index contributed by atoms with van der Waals surface area (Å²) in [6.45, 7) is 6.10. The molecule has 21 heavy (non-hydrogen) atoms. The predicted molar refractivity (Wildman–Crippen MR) is 89.7 cm³/mol. The highest BCUT2D eigenvalue weighted by Gasteiger charge is 2.13. The molecule has 3 aromatic rings. The van der Waals surface area contributed by atoms with E-state index in [0.29, 0.717) is 0 Å². The van der Waals surface area contributed by atoms with Crippen molar-refractivity contribution in [1.29, 1.82) is 0 Å². The first kappa shape index (κ1) is 14.1. The summed E-state index contributed by atoms with van der Waals surface area (Å²) in [5, 5.41) is 4.56. The van der Waals surface area contributed by atoms with Crippen LogP contribution in [0.25, 0.3) is 11.0 Å². The first-order valence-electron chi connectivity index (χ1n) is 6.93. The lowest BCUT2D eigenvalue weighted by Gasteiger charge is -2.14. The number of benzene rings is 1. The highest BCUT2D eigenvalue weighted by atomic mass is 79.9. The average molecular weight is 345 g/mol. The van der Waals surface area contributed by atoms with Crippen molar-refractivity contribution in [2.45, 2.75) is 26.8 Å². The third-order valence-corrected chi connectivity index (χ3v) is 4.01. The maximum absolute atomic E-state index is 5.92. The number of hydrogen-bond acceptors (Lipinski definition) is 3. The van der Waals surface area contributed by atoms with Crippen molar-refractivity contribution in [3.63, 3.8) is 0 Å². The van der Waals surface area contributed by atoms with Crippen molar-refractivity contribution < 1.29 is 4.42 Å². The number of pyridine rings is 1. The van der Waals surface area contributed by atoms with Crippen LogP contribution in [0.1, 0.15) is 30.1 Å². The zero-order valence-electron chi connectivity index (χ0n) is 12.3. The Morgan fingerprint density at radius 2 is 1.95 bits per heavy atom. The van der Waals surface area contributed by atoms with Crippen molar-refractivity contribution in [3.05, 3.63) is 58.0 Å². The molecular formula is C17H17BrN2O. The van der Waals surface area contributed by atoms with E-state index in [2.05, 4.69) is 51.4 Å². The Morgan fingerprint density at radius 3 is 2.71 bits per heavy atom. The van der Waals surface area contributed by atoms with Gasteiger partial charge in [-0.3, -0.25) is 4.98 Å². The zero-order chi connectivity index (χ0) is 15.0. The van der Waals surface area contributed by atoms with Gasteiger partial charge in [0.25, 0.3) is 0 Å². The third-order valence-electron chi connectivity index (χ3n) is 3.52. The molecule has 0 aliphatic carbocycles. The van der Waals surface area contributed by atoms with Gasteiger partial charge in [0.2, 0.25) is 0 Å². The summed E-state index contributed by atoms with van der Waals surface area (Å²) in [5.41, 5.74) is 3.97. The maximum atomic E-state index is 5.92. The van der Waals surface area contributed by atoms with Gasteiger partial charge in [0.15, 0.2) is 0 Å². The number of rotatable bonds is 3. The number of halogens is 1. The number of aryl methyl sites for hydroxylation is 2. The van der Waals surface area contributed by atoms with Gasteiger partial charge in [-0.25, -0.2) is 0 Å². The monoisotopic (exact) mass is 344 g/mol. The van der Waals surface area contributed by atoms with Gasteiger partial charge in [0, 0.05) is 15.6 Å². The lowest BCUT2D eigenvalue weighted by Crippen LogP contribution is -2.07. The minimum atomic E-state index is 0.0828. The Bertz CT molecular complexity index is 795. The van der Waals surface area contributed by atoms with Gasteiger partial charge in [0.1, 0.15) is 11.3 Å². The van der Waals surface area contributed by atoms with Gasteiger partial charge in [-0.2, -0.15) is 0 Å². The molecule has 108 valence electrons. The minimum absolute atomic E-state index is 0.0828. The molecule has 0 fully saturated rings. The Morgan fingerprint density at radius 1 is 1.14 bits per heavy atom. The summed E-state index contributed by atoms with van der Waals surface area (Å²) in [6, 6.07) is 12.3. The molecule has 0 saturated heterocycles. The van der Waals surface area contributed by atoms with Gasteiger partial charge in [0.05, 0.1) is 17.4 Å². The molecule has 1 N–H and O–H groups in total. The van der Waals surface area contributed by atoms with E-state index in [1.807, 2.05) is 32.0 Å². The van der Waals surface area contributed by atoms with Gasteiger partial charge >= 0.3 is 0 Å². The van der Waals surface area contributed by atoms with Gasteiger partial charge in [-0.1, -0.05) is 15.9 Å². The van der Waals surface area contributed by atoms with Crippen LogP contribution >= 0.6 is 15.9 Å². The van der Waals surface area contributed by atoms with Crippen molar-refractivity contribution >= 4 is 32.6 Å². The van der Waals surface area contributed by atoms with Crippen molar-refractivity contribution in [3.8, 4) is 0 Å². The van der Waals surface area contributed by atoms with Crippen LogP contribution in [0.15, 0.2) is 45.3 Å². The van der Waals surface area contributed by atoms with Crippen LogP contribution < -0.4 is 5.32 Å². The van der Waals surface area contributed by atoms with E-state index >= 15 is 0 Å². The Labute approximate surface area is 132 Å². The summed E-state index contributed by atoms with van der Waals surface area (Å²) < 4.78 is 6.97. The molecule has 3 rings (SSSR count). The fourth-order valence-electron chi connectivity index (χ4n) is 2.39. The van der Waals surface area contributed by atoms with Crippen LogP contribution in [0.3, 0.4) is 0 Å². The summed E-state index contributed by atoms with van der Waals surface area (Å²) in [4.78, 5) is 4.48. The molecule has 2 aromatic heterocycles. The number of anilines is 1. The van der Waals surface area contributed by atoms with Gasteiger partial charge in [-0.15, -0.1) is 0 Å². The molecular weight excluding hydrogens is 328 g/mol. The molecule has 1 unspecified atom stereocenters. The molecule has 1 atom stereocenters. The molecule has 0 bridgehead atoms. The predicted octanol–water partition coefficient (Wildman–Crippen LogP) is 5.38. The first-order chi connectivity index (χ1) is 10.0. The topological polar surface area (TPSA) is 38.1 Å². The quantitative estimate of drug-likeness (QED) is 0.692. The number of nitrogens with one attached hydrogen (secondary N) is 1. The fraction of sp³-hybridized carbons (Fsp3) is 0.235. The number of hydrogen-bond donors (Lipinski definition) is 1. The van der Waals surface area contributed by atoms with Crippen LogP contribution in [0.4, 0.5) is 5.69 Å². The second-order valence-corrected chi connectivity index (χ2v) is 6.20. The minimum Gasteiger partial charge on any atom is -0.459 e. The molecule has 0 aliphatic rings. The Hall–Kier alpha value is -1.81. The maximum Gasteiger partial charge on any atom is 0.134 e. The SMILES string of the molecule is Cc1ccc(NC(C)c2cc3cc(Br)ccc3o2)c(C)n1. The fourth-order valence-corrected chi connectivity index (χ4v) is 2.77. The van der Waals surface area contributed by atoms with E-state index in [-0.39, 0.29) is 6.04 Å². The van der Waals surface area contributed by atoms with Crippen LogP contribution in [0.2, 0.25) is 0 Å². The molecule has 1 aromatic carbocycles. The highest BCUT2D eigenvalue weighted by Crippen LogP contribution is 2.28. The molecule has 4 heteroatoms. The van der Waals surface area contributed by atoms with Crippen LogP contribution in [-0.4, -0.2) is 4.98 Å². The molecule has 0 aliphatic heterocycles. The summed E-state index contributed by atoms with van der Waals surface area (Å²) in [6.07, 6.45) is 0. The van der Waals surface area contributed by atoms with E-state index in [4.69, 9.17) is 4.42 Å². The highest BCUT2D eigenvalue weighted by molar-refractivity contribution is 9.10. The van der Waals surface area contributed by atoms with Crippen LogP contribution in [0.5, 0.6) is 0 Å².